The fourth-order valence-corrected chi connectivity index (χ4v) is 2.66. The number of hydrogen-bond donors (Lipinski definition) is 2. The summed E-state index contributed by atoms with van der Waals surface area (Å²) in [5, 5.41) is 0.711. The Labute approximate surface area is 108 Å². The fourth-order valence-electron chi connectivity index (χ4n) is 1.35. The van der Waals surface area contributed by atoms with E-state index in [2.05, 4.69) is 0 Å². The van der Waals surface area contributed by atoms with Gasteiger partial charge in [0.15, 0.2) is 0 Å². The molecule has 1 aromatic carbocycles. The Morgan fingerprint density at radius 3 is 2.38 bits per heavy atom. The molecule has 0 atom stereocenters. The topological polar surface area (TPSA) is 52.0 Å². The van der Waals surface area contributed by atoms with Crippen molar-refractivity contribution in [1.29, 1.82) is 0 Å². The number of thiophene rings is 1. The summed E-state index contributed by atoms with van der Waals surface area (Å²) in [6.45, 7) is 0. The molecule has 16 heavy (non-hydrogen) atoms. The number of hydrogen-bond acceptors (Lipinski definition) is 3. The molecule has 0 aliphatic rings. The number of halogens is 1. The van der Waals surface area contributed by atoms with Gasteiger partial charge in [0.05, 0.1) is 10.6 Å². The third-order valence-electron chi connectivity index (χ3n) is 2.11. The zero-order valence-electron chi connectivity index (χ0n) is 8.24. The van der Waals surface area contributed by atoms with Crippen molar-refractivity contribution in [1.82, 2.24) is 0 Å². The van der Waals surface area contributed by atoms with Crippen LogP contribution in [0.4, 0.5) is 5.69 Å². The van der Waals surface area contributed by atoms with Crippen LogP contribution in [0.2, 0.25) is 5.02 Å². The van der Waals surface area contributed by atoms with E-state index in [1.807, 2.05) is 30.3 Å². The summed E-state index contributed by atoms with van der Waals surface area (Å²) in [7, 11) is 0. The molecule has 1 aromatic heterocycles. The van der Waals surface area contributed by atoms with E-state index in [0.717, 1.165) is 15.3 Å². The van der Waals surface area contributed by atoms with Crippen molar-refractivity contribution in [3.05, 3.63) is 40.2 Å². The van der Waals surface area contributed by atoms with E-state index < -0.39 is 0 Å². The number of benzene rings is 1. The predicted molar refractivity (Wildman–Crippen MR) is 75.1 cm³/mol. The molecule has 1 heterocycles. The van der Waals surface area contributed by atoms with Crippen molar-refractivity contribution in [3.8, 4) is 10.4 Å². The van der Waals surface area contributed by atoms with E-state index in [4.69, 9.17) is 35.3 Å². The lowest BCUT2D eigenvalue weighted by molar-refractivity contribution is 1.69. The van der Waals surface area contributed by atoms with Gasteiger partial charge in [0, 0.05) is 9.90 Å². The lowest BCUT2D eigenvalue weighted by atomic mass is 10.2. The third kappa shape index (κ3) is 2.19. The molecule has 0 bridgehead atoms. The van der Waals surface area contributed by atoms with Gasteiger partial charge in [-0.15, -0.1) is 11.3 Å². The fraction of sp³-hybridized carbons (Fsp3) is 0. The third-order valence-corrected chi connectivity index (χ3v) is 3.93. The van der Waals surface area contributed by atoms with Crippen LogP contribution in [0.25, 0.3) is 10.4 Å². The SMILES string of the molecule is NC(=S)c1sc(-c2ccc(Cl)cc2)cc1N. The predicted octanol–water partition coefficient (Wildman–Crippen LogP) is 3.28. The maximum atomic E-state index is 5.83. The first-order valence-electron chi connectivity index (χ1n) is 4.53. The van der Waals surface area contributed by atoms with E-state index >= 15 is 0 Å². The van der Waals surface area contributed by atoms with Crippen LogP contribution >= 0.6 is 35.2 Å². The molecule has 0 aliphatic heterocycles. The van der Waals surface area contributed by atoms with Gasteiger partial charge in [-0.25, -0.2) is 0 Å². The lowest BCUT2D eigenvalue weighted by Gasteiger charge is -1.96. The molecule has 82 valence electrons. The van der Waals surface area contributed by atoms with E-state index in [-0.39, 0.29) is 0 Å². The summed E-state index contributed by atoms with van der Waals surface area (Å²) in [6.07, 6.45) is 0. The van der Waals surface area contributed by atoms with Gasteiger partial charge in [0.25, 0.3) is 0 Å². The molecule has 0 fully saturated rings. The maximum Gasteiger partial charge on any atom is 0.116 e. The Bertz CT molecular complexity index is 531. The quantitative estimate of drug-likeness (QED) is 0.822. The first kappa shape index (κ1) is 11.4. The van der Waals surface area contributed by atoms with Gasteiger partial charge in [0.1, 0.15) is 4.99 Å². The minimum Gasteiger partial charge on any atom is -0.397 e. The second-order valence-corrected chi connectivity index (χ2v) is 5.19. The van der Waals surface area contributed by atoms with E-state index in [0.29, 0.717) is 15.7 Å². The second kappa shape index (κ2) is 4.41. The van der Waals surface area contributed by atoms with Crippen molar-refractivity contribution < 1.29 is 0 Å². The molecule has 0 saturated heterocycles. The van der Waals surface area contributed by atoms with Crippen LogP contribution in [0.5, 0.6) is 0 Å². The molecule has 0 radical (unpaired) electrons. The highest BCUT2D eigenvalue weighted by Crippen LogP contribution is 2.33. The standard InChI is InChI=1S/C11H9ClN2S2/c12-7-3-1-6(2-4-7)9-5-8(13)10(16-9)11(14)15/h1-5H,13H2,(H2,14,15). The summed E-state index contributed by atoms with van der Waals surface area (Å²) in [4.78, 5) is 2.14. The van der Waals surface area contributed by atoms with Crippen LogP contribution in [0.3, 0.4) is 0 Å². The highest BCUT2D eigenvalue weighted by Gasteiger charge is 2.09. The van der Waals surface area contributed by atoms with E-state index in [9.17, 15) is 0 Å². The van der Waals surface area contributed by atoms with Crippen molar-refractivity contribution >= 4 is 45.8 Å². The molecule has 0 unspecified atom stereocenters. The van der Waals surface area contributed by atoms with Crippen LogP contribution in [-0.2, 0) is 0 Å². The molecule has 0 spiro atoms. The Kier molecular flexibility index (Phi) is 3.14. The molecule has 0 aliphatic carbocycles. The molecular formula is C11H9ClN2S2. The van der Waals surface area contributed by atoms with E-state index in [1.165, 1.54) is 11.3 Å². The molecular weight excluding hydrogens is 260 g/mol. The van der Waals surface area contributed by atoms with Gasteiger partial charge < -0.3 is 11.5 Å². The summed E-state index contributed by atoms with van der Waals surface area (Å²) in [5.41, 5.74) is 13.1. The summed E-state index contributed by atoms with van der Waals surface area (Å²) < 4.78 is 0. The van der Waals surface area contributed by atoms with Crippen molar-refractivity contribution in [2.45, 2.75) is 0 Å². The highest BCUT2D eigenvalue weighted by atomic mass is 35.5. The maximum absolute atomic E-state index is 5.83. The van der Waals surface area contributed by atoms with E-state index in [1.54, 1.807) is 0 Å². The first-order valence-corrected chi connectivity index (χ1v) is 6.13. The second-order valence-electron chi connectivity index (χ2n) is 3.27. The Morgan fingerprint density at radius 1 is 1.25 bits per heavy atom. The minimum absolute atomic E-state index is 0.336. The molecule has 5 heteroatoms. The molecule has 4 N–H and O–H groups in total. The molecule has 0 amide bonds. The Hall–Kier alpha value is -1.10. The van der Waals surface area contributed by atoms with Crippen molar-refractivity contribution in [2.75, 3.05) is 5.73 Å². The Balaban J connectivity index is 2.45. The van der Waals surface area contributed by atoms with Crippen LogP contribution in [0.1, 0.15) is 4.88 Å². The number of nitrogens with two attached hydrogens (primary N) is 2. The number of rotatable bonds is 2. The van der Waals surface area contributed by atoms with Gasteiger partial charge in [-0.05, 0) is 23.8 Å². The number of anilines is 1. The van der Waals surface area contributed by atoms with Crippen molar-refractivity contribution in [3.63, 3.8) is 0 Å². The molecule has 2 aromatic rings. The van der Waals surface area contributed by atoms with Gasteiger partial charge in [-0.1, -0.05) is 36.0 Å². The zero-order chi connectivity index (χ0) is 11.7. The summed E-state index contributed by atoms with van der Waals surface area (Å²) in [6, 6.07) is 9.44. The lowest BCUT2D eigenvalue weighted by Crippen LogP contribution is -2.08. The van der Waals surface area contributed by atoms with Crippen LogP contribution in [0, 0.1) is 0 Å². The molecule has 2 nitrogen and oxygen atoms in total. The monoisotopic (exact) mass is 268 g/mol. The van der Waals surface area contributed by atoms with Gasteiger partial charge >= 0.3 is 0 Å². The van der Waals surface area contributed by atoms with Crippen LogP contribution < -0.4 is 11.5 Å². The van der Waals surface area contributed by atoms with Crippen molar-refractivity contribution in [2.24, 2.45) is 5.73 Å². The summed E-state index contributed by atoms with van der Waals surface area (Å²) in [5.74, 6) is 0. The summed E-state index contributed by atoms with van der Waals surface area (Å²) >= 11 is 12.2. The molecule has 0 saturated carbocycles. The molecule has 2 rings (SSSR count). The van der Waals surface area contributed by atoms with Gasteiger partial charge in [-0.3, -0.25) is 0 Å². The average molecular weight is 269 g/mol. The number of nitrogen functional groups attached to an aromatic ring is 1. The van der Waals surface area contributed by atoms with Crippen LogP contribution in [-0.4, -0.2) is 4.99 Å². The van der Waals surface area contributed by atoms with Gasteiger partial charge in [0.2, 0.25) is 0 Å². The Morgan fingerprint density at radius 2 is 1.88 bits per heavy atom. The van der Waals surface area contributed by atoms with Gasteiger partial charge in [-0.2, -0.15) is 0 Å². The first-order chi connectivity index (χ1) is 7.58. The number of thiocarbonyl (C=S) groups is 1. The van der Waals surface area contributed by atoms with Crippen LogP contribution in [0.15, 0.2) is 30.3 Å². The average Bonchev–Trinajstić information content (AvgIpc) is 2.61. The smallest absolute Gasteiger partial charge is 0.116 e. The highest BCUT2D eigenvalue weighted by molar-refractivity contribution is 7.81. The normalized spacial score (nSPS) is 10.3. The largest absolute Gasteiger partial charge is 0.397 e. The minimum atomic E-state index is 0.336. The zero-order valence-corrected chi connectivity index (χ0v) is 10.6.